The zero-order valence-electron chi connectivity index (χ0n) is 10.1. The molecule has 2 rings (SSSR count). The summed E-state index contributed by atoms with van der Waals surface area (Å²) in [5.41, 5.74) is 7.96. The summed E-state index contributed by atoms with van der Waals surface area (Å²) in [7, 11) is 1.97. The van der Waals surface area contributed by atoms with E-state index in [0.29, 0.717) is 6.54 Å². The Morgan fingerprint density at radius 2 is 2.35 bits per heavy atom. The maximum absolute atomic E-state index is 5.63. The van der Waals surface area contributed by atoms with Crippen LogP contribution in [0.1, 0.15) is 17.0 Å². The number of rotatable bonds is 5. The van der Waals surface area contributed by atoms with E-state index in [1.54, 1.807) is 18.0 Å². The molecule has 2 heterocycles. The van der Waals surface area contributed by atoms with E-state index < -0.39 is 0 Å². The molecule has 0 aliphatic rings. The van der Waals surface area contributed by atoms with E-state index in [2.05, 4.69) is 5.10 Å². The summed E-state index contributed by atoms with van der Waals surface area (Å²) in [6, 6.07) is 3.89. The maximum atomic E-state index is 5.63. The predicted molar refractivity (Wildman–Crippen MR) is 69.0 cm³/mol. The van der Waals surface area contributed by atoms with Crippen molar-refractivity contribution in [3.8, 4) is 0 Å². The summed E-state index contributed by atoms with van der Waals surface area (Å²) in [5.74, 6) is 1.80. The van der Waals surface area contributed by atoms with Crippen LogP contribution in [-0.4, -0.2) is 16.3 Å². The molecule has 4 nitrogen and oxygen atoms in total. The molecule has 92 valence electrons. The molecule has 2 aromatic heterocycles. The highest BCUT2D eigenvalue weighted by molar-refractivity contribution is 7.98. The van der Waals surface area contributed by atoms with Crippen LogP contribution >= 0.6 is 11.8 Å². The molecule has 17 heavy (non-hydrogen) atoms. The summed E-state index contributed by atoms with van der Waals surface area (Å²) in [6.07, 6.45) is 2.57. The van der Waals surface area contributed by atoms with Gasteiger partial charge < -0.3 is 10.2 Å². The molecule has 5 heteroatoms. The summed E-state index contributed by atoms with van der Waals surface area (Å²) < 4.78 is 7.25. The molecule has 0 fully saturated rings. The Kier molecular flexibility index (Phi) is 3.91. The Morgan fingerprint density at radius 1 is 1.53 bits per heavy atom. The highest BCUT2D eigenvalue weighted by Crippen LogP contribution is 2.28. The van der Waals surface area contributed by atoms with Gasteiger partial charge in [-0.2, -0.15) is 5.10 Å². The summed E-state index contributed by atoms with van der Waals surface area (Å²) >= 11 is 1.74. The summed E-state index contributed by atoms with van der Waals surface area (Å²) in [4.78, 5) is 0. The second-order valence-electron chi connectivity index (χ2n) is 3.90. The van der Waals surface area contributed by atoms with E-state index >= 15 is 0 Å². The Morgan fingerprint density at radius 3 is 3.00 bits per heavy atom. The fourth-order valence-electron chi connectivity index (χ4n) is 1.83. The molecular formula is C12H17N3OS. The molecule has 2 aromatic rings. The van der Waals surface area contributed by atoms with E-state index in [1.165, 1.54) is 10.6 Å². The first-order valence-electron chi connectivity index (χ1n) is 5.60. The van der Waals surface area contributed by atoms with Crippen LogP contribution in [0.15, 0.2) is 27.8 Å². The van der Waals surface area contributed by atoms with Crippen molar-refractivity contribution < 1.29 is 4.42 Å². The van der Waals surface area contributed by atoms with Gasteiger partial charge in [0.2, 0.25) is 0 Å². The zero-order valence-corrected chi connectivity index (χ0v) is 11.0. The SMILES string of the molecule is Cc1nn(C)c(SCc2ccco2)c1CCN. The van der Waals surface area contributed by atoms with Crippen LogP contribution in [0.4, 0.5) is 0 Å². The van der Waals surface area contributed by atoms with Gasteiger partial charge in [0, 0.05) is 12.6 Å². The molecular weight excluding hydrogens is 234 g/mol. The van der Waals surface area contributed by atoms with Gasteiger partial charge in [0.25, 0.3) is 0 Å². The Hall–Kier alpha value is -1.20. The standard InChI is InChI=1S/C12H17N3OS/c1-9-11(5-6-13)12(15(2)14-9)17-8-10-4-3-7-16-10/h3-4,7H,5-6,8,13H2,1-2H3. The first-order valence-corrected chi connectivity index (χ1v) is 6.58. The Bertz CT molecular complexity index is 476. The van der Waals surface area contributed by atoms with Crippen LogP contribution in [0.5, 0.6) is 0 Å². The number of nitrogens with zero attached hydrogens (tertiary/aromatic N) is 2. The second-order valence-corrected chi connectivity index (χ2v) is 4.86. The van der Waals surface area contributed by atoms with Gasteiger partial charge in [-0.15, -0.1) is 0 Å². The van der Waals surface area contributed by atoms with Gasteiger partial charge >= 0.3 is 0 Å². The number of hydrogen-bond donors (Lipinski definition) is 1. The molecule has 0 radical (unpaired) electrons. The lowest BCUT2D eigenvalue weighted by Gasteiger charge is -2.04. The molecule has 0 aliphatic heterocycles. The largest absolute Gasteiger partial charge is 0.468 e. The van der Waals surface area contributed by atoms with Crippen molar-refractivity contribution in [1.82, 2.24) is 9.78 Å². The van der Waals surface area contributed by atoms with Gasteiger partial charge in [-0.25, -0.2) is 0 Å². The minimum atomic E-state index is 0.654. The van der Waals surface area contributed by atoms with Crippen LogP contribution in [0, 0.1) is 6.92 Å². The van der Waals surface area contributed by atoms with Gasteiger partial charge in [0.1, 0.15) is 5.76 Å². The normalized spacial score (nSPS) is 11.0. The maximum Gasteiger partial charge on any atom is 0.114 e. The van der Waals surface area contributed by atoms with Crippen LogP contribution in [0.3, 0.4) is 0 Å². The number of hydrogen-bond acceptors (Lipinski definition) is 4. The highest BCUT2D eigenvalue weighted by Gasteiger charge is 2.13. The number of aromatic nitrogens is 2. The number of nitrogens with two attached hydrogens (primary N) is 1. The average molecular weight is 251 g/mol. The van der Waals surface area contributed by atoms with E-state index in [0.717, 1.165) is 23.6 Å². The minimum Gasteiger partial charge on any atom is -0.468 e. The molecule has 0 bridgehead atoms. The minimum absolute atomic E-state index is 0.654. The third kappa shape index (κ3) is 2.73. The number of thioether (sulfide) groups is 1. The smallest absolute Gasteiger partial charge is 0.114 e. The van der Waals surface area contributed by atoms with Crippen molar-refractivity contribution in [3.05, 3.63) is 35.4 Å². The second kappa shape index (κ2) is 5.42. The van der Waals surface area contributed by atoms with E-state index in [4.69, 9.17) is 10.2 Å². The van der Waals surface area contributed by atoms with E-state index in [1.807, 2.05) is 30.8 Å². The Balaban J connectivity index is 2.14. The fourth-order valence-corrected chi connectivity index (χ4v) is 2.92. The summed E-state index contributed by atoms with van der Waals surface area (Å²) in [6.45, 7) is 2.68. The first kappa shape index (κ1) is 12.3. The zero-order chi connectivity index (χ0) is 12.3. The Labute approximate surface area is 105 Å². The lowest BCUT2D eigenvalue weighted by atomic mass is 10.2. The molecule has 0 amide bonds. The fraction of sp³-hybridized carbons (Fsp3) is 0.417. The summed E-state index contributed by atoms with van der Waals surface area (Å²) in [5, 5.41) is 5.62. The number of furan rings is 1. The quantitative estimate of drug-likeness (QED) is 0.827. The van der Waals surface area contributed by atoms with Gasteiger partial charge in [-0.05, 0) is 32.0 Å². The first-order chi connectivity index (χ1) is 8.22. The van der Waals surface area contributed by atoms with Crippen molar-refractivity contribution in [3.63, 3.8) is 0 Å². The monoisotopic (exact) mass is 251 g/mol. The van der Waals surface area contributed by atoms with Gasteiger partial charge in [0.15, 0.2) is 0 Å². The molecule has 2 N–H and O–H groups in total. The van der Waals surface area contributed by atoms with E-state index in [-0.39, 0.29) is 0 Å². The molecule has 0 unspecified atom stereocenters. The third-order valence-corrected chi connectivity index (χ3v) is 3.83. The van der Waals surface area contributed by atoms with Crippen molar-refractivity contribution >= 4 is 11.8 Å². The lowest BCUT2D eigenvalue weighted by molar-refractivity contribution is 0.530. The van der Waals surface area contributed by atoms with Gasteiger partial charge in [-0.3, -0.25) is 4.68 Å². The van der Waals surface area contributed by atoms with Gasteiger partial charge in [0.05, 0.1) is 22.7 Å². The lowest BCUT2D eigenvalue weighted by Crippen LogP contribution is -2.04. The van der Waals surface area contributed by atoms with Crippen molar-refractivity contribution in [2.24, 2.45) is 12.8 Å². The van der Waals surface area contributed by atoms with Crippen molar-refractivity contribution in [2.45, 2.75) is 24.1 Å². The van der Waals surface area contributed by atoms with Crippen molar-refractivity contribution in [1.29, 1.82) is 0 Å². The van der Waals surface area contributed by atoms with Crippen LogP contribution in [0.2, 0.25) is 0 Å². The van der Waals surface area contributed by atoms with Gasteiger partial charge in [-0.1, -0.05) is 11.8 Å². The molecule has 0 spiro atoms. The van der Waals surface area contributed by atoms with Crippen LogP contribution in [0.25, 0.3) is 0 Å². The molecule has 0 atom stereocenters. The molecule has 0 saturated carbocycles. The van der Waals surface area contributed by atoms with E-state index in [9.17, 15) is 0 Å². The molecule has 0 aliphatic carbocycles. The van der Waals surface area contributed by atoms with Crippen LogP contribution < -0.4 is 5.73 Å². The average Bonchev–Trinajstić information content (AvgIpc) is 2.88. The molecule has 0 aromatic carbocycles. The highest BCUT2D eigenvalue weighted by atomic mass is 32.2. The van der Waals surface area contributed by atoms with Crippen LogP contribution in [-0.2, 0) is 19.2 Å². The topological polar surface area (TPSA) is 57.0 Å². The molecule has 0 saturated heterocycles. The van der Waals surface area contributed by atoms with Crippen molar-refractivity contribution in [2.75, 3.05) is 6.54 Å². The predicted octanol–water partition coefficient (Wildman–Crippen LogP) is 2.12. The number of aryl methyl sites for hydroxylation is 2. The third-order valence-electron chi connectivity index (χ3n) is 2.61.